The second-order valence-electron chi connectivity index (χ2n) is 5.74. The molecule has 0 bridgehead atoms. The maximum Gasteiger partial charge on any atom is 0.271 e. The fraction of sp³-hybridized carbons (Fsp3) is 0.316. The van der Waals surface area contributed by atoms with Crippen molar-refractivity contribution >= 4 is 11.9 Å². The zero-order valence-electron chi connectivity index (χ0n) is 14.8. The van der Waals surface area contributed by atoms with Crippen LogP contribution in [0.2, 0.25) is 0 Å². The Hall–Kier alpha value is -3.07. The van der Waals surface area contributed by atoms with E-state index in [1.807, 2.05) is 19.9 Å². The third-order valence-electron chi connectivity index (χ3n) is 4.22. The highest BCUT2D eigenvalue weighted by atomic mass is 16.5. The standard InChI is InChI=1S/C19H21N3O3/c1-5-12(2)22-18(23)16(10-20)13(3)17(19(22)24)11-21-14-7-6-8-15(9-14)25-4/h6-9,11-12,24H,5H2,1-4H3. The van der Waals surface area contributed by atoms with E-state index >= 15 is 0 Å². The first-order chi connectivity index (χ1) is 11.9. The van der Waals surface area contributed by atoms with Gasteiger partial charge < -0.3 is 9.84 Å². The molecular formula is C19H21N3O3. The number of nitriles is 1. The molecule has 0 amide bonds. The predicted octanol–water partition coefficient (Wildman–Crippen LogP) is 3.46. The number of aliphatic imine (C=N–C) groups is 1. The summed E-state index contributed by atoms with van der Waals surface area (Å²) in [7, 11) is 1.57. The van der Waals surface area contributed by atoms with E-state index in [9.17, 15) is 15.2 Å². The largest absolute Gasteiger partial charge is 0.497 e. The smallest absolute Gasteiger partial charge is 0.271 e. The fourth-order valence-corrected chi connectivity index (χ4v) is 2.52. The summed E-state index contributed by atoms with van der Waals surface area (Å²) >= 11 is 0. The molecule has 1 aromatic heterocycles. The Kier molecular flexibility index (Phi) is 5.60. The van der Waals surface area contributed by atoms with Crippen molar-refractivity contribution in [2.24, 2.45) is 4.99 Å². The van der Waals surface area contributed by atoms with E-state index in [0.717, 1.165) is 0 Å². The Morgan fingerprint density at radius 1 is 1.48 bits per heavy atom. The molecule has 6 heteroatoms. The first-order valence-corrected chi connectivity index (χ1v) is 8.00. The van der Waals surface area contributed by atoms with Gasteiger partial charge in [0.15, 0.2) is 0 Å². The third-order valence-corrected chi connectivity index (χ3v) is 4.22. The Bertz CT molecular complexity index is 907. The van der Waals surface area contributed by atoms with Crippen molar-refractivity contribution in [3.63, 3.8) is 0 Å². The van der Waals surface area contributed by atoms with Gasteiger partial charge in [0, 0.05) is 18.3 Å². The molecule has 0 spiro atoms. The van der Waals surface area contributed by atoms with Crippen molar-refractivity contribution in [1.29, 1.82) is 5.26 Å². The monoisotopic (exact) mass is 339 g/mol. The van der Waals surface area contributed by atoms with Crippen LogP contribution in [0.3, 0.4) is 0 Å². The van der Waals surface area contributed by atoms with Crippen molar-refractivity contribution in [2.75, 3.05) is 7.11 Å². The second kappa shape index (κ2) is 7.67. The molecule has 1 atom stereocenters. The molecule has 0 saturated heterocycles. The number of hydrogen-bond acceptors (Lipinski definition) is 5. The van der Waals surface area contributed by atoms with Crippen molar-refractivity contribution in [1.82, 2.24) is 4.57 Å². The number of nitrogens with zero attached hydrogens (tertiary/aromatic N) is 3. The summed E-state index contributed by atoms with van der Waals surface area (Å²) in [5, 5.41) is 19.9. The highest BCUT2D eigenvalue weighted by Gasteiger charge is 2.20. The molecule has 2 aromatic rings. The lowest BCUT2D eigenvalue weighted by Crippen LogP contribution is -2.27. The van der Waals surface area contributed by atoms with Crippen LogP contribution in [0.1, 0.15) is 43.0 Å². The van der Waals surface area contributed by atoms with Gasteiger partial charge in [-0.1, -0.05) is 13.0 Å². The van der Waals surface area contributed by atoms with Crippen LogP contribution in [0.25, 0.3) is 0 Å². The molecular weight excluding hydrogens is 318 g/mol. The van der Waals surface area contributed by atoms with E-state index in [-0.39, 0.29) is 17.5 Å². The van der Waals surface area contributed by atoms with Gasteiger partial charge in [-0.05, 0) is 38.0 Å². The summed E-state index contributed by atoms with van der Waals surface area (Å²) < 4.78 is 6.41. The van der Waals surface area contributed by atoms with Gasteiger partial charge in [0.2, 0.25) is 5.88 Å². The summed E-state index contributed by atoms with van der Waals surface area (Å²) in [6.45, 7) is 5.36. The SMILES string of the molecule is CCC(C)n1c(O)c(C=Nc2cccc(OC)c2)c(C)c(C#N)c1=O. The Labute approximate surface area is 146 Å². The van der Waals surface area contributed by atoms with Crippen molar-refractivity contribution in [3.05, 3.63) is 51.3 Å². The van der Waals surface area contributed by atoms with Crippen LogP contribution in [0.4, 0.5) is 5.69 Å². The topological polar surface area (TPSA) is 87.6 Å². The Morgan fingerprint density at radius 2 is 2.20 bits per heavy atom. The molecule has 2 rings (SSSR count). The van der Waals surface area contributed by atoms with Gasteiger partial charge in [-0.3, -0.25) is 14.4 Å². The molecule has 6 nitrogen and oxygen atoms in total. The number of aromatic nitrogens is 1. The number of hydrogen-bond donors (Lipinski definition) is 1. The lowest BCUT2D eigenvalue weighted by Gasteiger charge is -2.18. The highest BCUT2D eigenvalue weighted by molar-refractivity contribution is 5.87. The number of methoxy groups -OCH3 is 1. The Balaban J connectivity index is 2.62. The molecule has 1 heterocycles. The van der Waals surface area contributed by atoms with Crippen LogP contribution >= 0.6 is 0 Å². The molecule has 0 saturated carbocycles. The van der Waals surface area contributed by atoms with Crippen LogP contribution in [0.5, 0.6) is 11.6 Å². The first kappa shape index (κ1) is 18.3. The molecule has 0 fully saturated rings. The van der Waals surface area contributed by atoms with Gasteiger partial charge in [-0.25, -0.2) is 0 Å². The minimum Gasteiger partial charge on any atom is -0.497 e. The van der Waals surface area contributed by atoms with Crippen LogP contribution in [-0.2, 0) is 0 Å². The quantitative estimate of drug-likeness (QED) is 0.845. The number of benzene rings is 1. The Morgan fingerprint density at radius 3 is 2.80 bits per heavy atom. The van der Waals surface area contributed by atoms with Gasteiger partial charge in [0.05, 0.1) is 18.4 Å². The summed E-state index contributed by atoms with van der Waals surface area (Å²) in [5.74, 6) is 0.486. The van der Waals surface area contributed by atoms with Gasteiger partial charge in [0.25, 0.3) is 5.56 Å². The van der Waals surface area contributed by atoms with Gasteiger partial charge in [0.1, 0.15) is 17.4 Å². The number of rotatable bonds is 5. The highest BCUT2D eigenvalue weighted by Crippen LogP contribution is 2.25. The fourth-order valence-electron chi connectivity index (χ4n) is 2.52. The maximum atomic E-state index is 12.5. The van der Waals surface area contributed by atoms with Gasteiger partial charge in [-0.15, -0.1) is 0 Å². The van der Waals surface area contributed by atoms with Crippen LogP contribution < -0.4 is 10.3 Å². The summed E-state index contributed by atoms with van der Waals surface area (Å²) in [6, 6.07) is 8.86. The third kappa shape index (κ3) is 3.56. The zero-order valence-corrected chi connectivity index (χ0v) is 14.8. The predicted molar refractivity (Wildman–Crippen MR) is 97.1 cm³/mol. The van der Waals surface area contributed by atoms with Gasteiger partial charge in [-0.2, -0.15) is 5.26 Å². The molecule has 0 aliphatic carbocycles. The summed E-state index contributed by atoms with van der Waals surface area (Å²) in [4.78, 5) is 16.8. The molecule has 0 aliphatic heterocycles. The molecule has 0 aliphatic rings. The number of pyridine rings is 1. The van der Waals surface area contributed by atoms with Crippen molar-refractivity contribution in [2.45, 2.75) is 33.2 Å². The van der Waals surface area contributed by atoms with Crippen LogP contribution in [-0.4, -0.2) is 23.0 Å². The van der Waals surface area contributed by atoms with Crippen molar-refractivity contribution in [3.8, 4) is 17.7 Å². The molecule has 1 unspecified atom stereocenters. The minimum absolute atomic E-state index is 0.0187. The summed E-state index contributed by atoms with van der Waals surface area (Å²) in [5.41, 5.74) is 0.948. The lowest BCUT2D eigenvalue weighted by atomic mass is 10.0. The second-order valence-corrected chi connectivity index (χ2v) is 5.74. The van der Waals surface area contributed by atoms with E-state index in [1.54, 1.807) is 38.3 Å². The van der Waals surface area contributed by atoms with E-state index in [0.29, 0.717) is 29.0 Å². The van der Waals surface area contributed by atoms with Crippen LogP contribution in [0.15, 0.2) is 34.1 Å². The van der Waals surface area contributed by atoms with E-state index in [1.165, 1.54) is 10.8 Å². The molecule has 25 heavy (non-hydrogen) atoms. The zero-order chi connectivity index (χ0) is 18.6. The maximum absolute atomic E-state index is 12.5. The average molecular weight is 339 g/mol. The molecule has 1 aromatic carbocycles. The van der Waals surface area contributed by atoms with Gasteiger partial charge >= 0.3 is 0 Å². The number of aromatic hydroxyl groups is 1. The van der Waals surface area contributed by atoms with E-state index < -0.39 is 5.56 Å². The average Bonchev–Trinajstić information content (AvgIpc) is 2.61. The first-order valence-electron chi connectivity index (χ1n) is 8.00. The molecule has 1 N–H and O–H groups in total. The van der Waals surface area contributed by atoms with Crippen LogP contribution in [0, 0.1) is 18.3 Å². The van der Waals surface area contributed by atoms with E-state index in [2.05, 4.69) is 4.99 Å². The van der Waals surface area contributed by atoms with E-state index in [4.69, 9.17) is 4.74 Å². The number of ether oxygens (including phenoxy) is 1. The minimum atomic E-state index is -0.481. The molecule has 0 radical (unpaired) electrons. The van der Waals surface area contributed by atoms with Crippen molar-refractivity contribution < 1.29 is 9.84 Å². The molecule has 130 valence electrons. The summed E-state index contributed by atoms with van der Waals surface area (Å²) in [6.07, 6.45) is 2.12. The normalized spacial score (nSPS) is 12.1. The lowest BCUT2D eigenvalue weighted by molar-refractivity contribution is 0.372.